The van der Waals surface area contributed by atoms with E-state index in [-0.39, 0.29) is 23.9 Å². The number of carboxylic acids is 1. The fourth-order valence-electron chi connectivity index (χ4n) is 2.27. The lowest BCUT2D eigenvalue weighted by atomic mass is 9.87. The van der Waals surface area contributed by atoms with Gasteiger partial charge in [0.25, 0.3) is 0 Å². The Balaban J connectivity index is 2.53. The summed E-state index contributed by atoms with van der Waals surface area (Å²) in [5.41, 5.74) is 0. The van der Waals surface area contributed by atoms with Crippen LogP contribution in [-0.2, 0) is 4.79 Å². The van der Waals surface area contributed by atoms with Crippen LogP contribution in [0.3, 0.4) is 0 Å². The van der Waals surface area contributed by atoms with Crippen LogP contribution in [0.1, 0.15) is 34.6 Å². The van der Waals surface area contributed by atoms with Gasteiger partial charge in [0, 0.05) is 31.6 Å². The monoisotopic (exact) mass is 270 g/mol. The molecule has 0 saturated carbocycles. The highest BCUT2D eigenvalue weighted by Crippen LogP contribution is 2.25. The predicted octanol–water partition coefficient (Wildman–Crippen LogP) is 2.13. The Bertz CT molecular complexity index is 336. The van der Waals surface area contributed by atoms with Crippen LogP contribution in [0.5, 0.6) is 0 Å². The van der Waals surface area contributed by atoms with Crippen molar-refractivity contribution >= 4 is 12.0 Å². The zero-order valence-electron chi connectivity index (χ0n) is 12.6. The molecule has 19 heavy (non-hydrogen) atoms. The lowest BCUT2D eigenvalue weighted by Crippen LogP contribution is -2.58. The van der Waals surface area contributed by atoms with E-state index >= 15 is 0 Å². The van der Waals surface area contributed by atoms with E-state index in [1.165, 1.54) is 0 Å². The van der Waals surface area contributed by atoms with Crippen LogP contribution < -0.4 is 0 Å². The molecule has 1 heterocycles. The molecule has 1 N–H and O–H groups in total. The zero-order chi connectivity index (χ0) is 14.7. The van der Waals surface area contributed by atoms with Crippen LogP contribution in [0.25, 0.3) is 0 Å². The van der Waals surface area contributed by atoms with Gasteiger partial charge in [-0.1, -0.05) is 20.8 Å². The normalized spacial score (nSPS) is 17.5. The summed E-state index contributed by atoms with van der Waals surface area (Å²) in [6.45, 7) is 11.8. The van der Waals surface area contributed by atoms with E-state index in [2.05, 4.69) is 13.8 Å². The van der Waals surface area contributed by atoms with Gasteiger partial charge < -0.3 is 14.9 Å². The predicted molar refractivity (Wildman–Crippen MR) is 73.9 cm³/mol. The van der Waals surface area contributed by atoms with E-state index in [0.717, 1.165) is 6.54 Å². The SMILES string of the molecule is CC(C)CN(C(=O)N1CC(C(C)C(=O)O)C1)C(C)C. The maximum absolute atomic E-state index is 12.3. The molecule has 1 fully saturated rings. The highest BCUT2D eigenvalue weighted by atomic mass is 16.4. The number of amides is 2. The van der Waals surface area contributed by atoms with Crippen molar-refractivity contribution in [3.63, 3.8) is 0 Å². The number of urea groups is 1. The molecule has 0 aromatic rings. The van der Waals surface area contributed by atoms with Gasteiger partial charge in [-0.25, -0.2) is 4.79 Å². The van der Waals surface area contributed by atoms with Gasteiger partial charge in [0.05, 0.1) is 5.92 Å². The molecule has 1 aliphatic rings. The molecular formula is C14H26N2O3. The highest BCUT2D eigenvalue weighted by molar-refractivity contribution is 5.76. The van der Waals surface area contributed by atoms with Gasteiger partial charge in [-0.2, -0.15) is 0 Å². The van der Waals surface area contributed by atoms with Gasteiger partial charge >= 0.3 is 12.0 Å². The second-order valence-corrected chi connectivity index (χ2v) is 6.21. The first-order valence-electron chi connectivity index (χ1n) is 7.02. The summed E-state index contributed by atoms with van der Waals surface area (Å²) >= 11 is 0. The van der Waals surface area contributed by atoms with Crippen LogP contribution >= 0.6 is 0 Å². The van der Waals surface area contributed by atoms with E-state index in [0.29, 0.717) is 19.0 Å². The minimum Gasteiger partial charge on any atom is -0.481 e. The van der Waals surface area contributed by atoms with Crippen LogP contribution in [0.4, 0.5) is 4.79 Å². The van der Waals surface area contributed by atoms with Gasteiger partial charge in [-0.15, -0.1) is 0 Å². The maximum Gasteiger partial charge on any atom is 0.320 e. The number of hydrogen-bond acceptors (Lipinski definition) is 2. The Hall–Kier alpha value is -1.26. The molecule has 1 unspecified atom stereocenters. The van der Waals surface area contributed by atoms with E-state index in [1.54, 1.807) is 11.8 Å². The van der Waals surface area contributed by atoms with E-state index in [9.17, 15) is 9.59 Å². The molecule has 1 aliphatic heterocycles. The summed E-state index contributed by atoms with van der Waals surface area (Å²) in [5, 5.41) is 8.94. The number of rotatable bonds is 5. The van der Waals surface area contributed by atoms with Crippen molar-refractivity contribution in [3.8, 4) is 0 Å². The number of likely N-dealkylation sites (tertiary alicyclic amines) is 1. The van der Waals surface area contributed by atoms with Crippen LogP contribution in [0, 0.1) is 17.8 Å². The molecule has 0 aromatic heterocycles. The Kier molecular flexibility index (Phi) is 5.20. The topological polar surface area (TPSA) is 60.9 Å². The first kappa shape index (κ1) is 15.8. The third kappa shape index (κ3) is 3.85. The van der Waals surface area contributed by atoms with Gasteiger partial charge in [0.2, 0.25) is 0 Å². The summed E-state index contributed by atoms with van der Waals surface area (Å²) in [7, 11) is 0. The molecule has 1 rings (SSSR count). The van der Waals surface area contributed by atoms with Gasteiger partial charge in [0.15, 0.2) is 0 Å². The minimum absolute atomic E-state index is 0.0394. The largest absolute Gasteiger partial charge is 0.481 e. The third-order valence-electron chi connectivity index (χ3n) is 3.71. The minimum atomic E-state index is -0.778. The average Bonchev–Trinajstić information content (AvgIpc) is 2.22. The number of carboxylic acid groups (broad SMARTS) is 1. The quantitative estimate of drug-likeness (QED) is 0.832. The van der Waals surface area contributed by atoms with Crippen molar-refractivity contribution < 1.29 is 14.7 Å². The molecule has 0 spiro atoms. The van der Waals surface area contributed by atoms with Crippen LogP contribution in [0.2, 0.25) is 0 Å². The van der Waals surface area contributed by atoms with Gasteiger partial charge in [-0.3, -0.25) is 4.79 Å². The molecule has 110 valence electrons. The molecule has 2 amide bonds. The highest BCUT2D eigenvalue weighted by Gasteiger charge is 2.39. The number of hydrogen-bond donors (Lipinski definition) is 1. The Labute approximate surface area is 115 Å². The fourth-order valence-corrected chi connectivity index (χ4v) is 2.27. The van der Waals surface area contributed by atoms with Crippen molar-refractivity contribution in [1.29, 1.82) is 0 Å². The zero-order valence-corrected chi connectivity index (χ0v) is 12.6. The molecule has 5 heteroatoms. The van der Waals surface area contributed by atoms with Gasteiger partial charge in [-0.05, 0) is 19.8 Å². The Morgan fingerprint density at radius 2 is 1.74 bits per heavy atom. The fraction of sp³-hybridized carbons (Fsp3) is 0.857. The smallest absolute Gasteiger partial charge is 0.320 e. The standard InChI is InChI=1S/C14H26N2O3/c1-9(2)6-16(10(3)4)14(19)15-7-12(8-15)11(5)13(17)18/h9-12H,6-8H2,1-5H3,(H,17,18). The van der Waals surface area contributed by atoms with Crippen molar-refractivity contribution in [2.24, 2.45) is 17.8 Å². The molecule has 1 saturated heterocycles. The first-order chi connectivity index (χ1) is 8.73. The second kappa shape index (κ2) is 6.26. The van der Waals surface area contributed by atoms with Crippen molar-refractivity contribution in [2.45, 2.75) is 40.7 Å². The number of aliphatic carboxylic acids is 1. The lowest BCUT2D eigenvalue weighted by molar-refractivity contribution is -0.145. The third-order valence-corrected chi connectivity index (χ3v) is 3.71. The Morgan fingerprint density at radius 1 is 1.21 bits per heavy atom. The summed E-state index contributed by atoms with van der Waals surface area (Å²) in [5.74, 6) is -0.627. The van der Waals surface area contributed by atoms with Crippen molar-refractivity contribution in [2.75, 3.05) is 19.6 Å². The van der Waals surface area contributed by atoms with E-state index in [1.807, 2.05) is 18.7 Å². The van der Waals surface area contributed by atoms with Crippen molar-refractivity contribution in [1.82, 2.24) is 9.80 Å². The molecule has 0 aliphatic carbocycles. The van der Waals surface area contributed by atoms with Gasteiger partial charge in [0.1, 0.15) is 0 Å². The van der Waals surface area contributed by atoms with Crippen LogP contribution in [0.15, 0.2) is 0 Å². The van der Waals surface area contributed by atoms with E-state index < -0.39 is 5.97 Å². The second-order valence-electron chi connectivity index (χ2n) is 6.21. The van der Waals surface area contributed by atoms with Crippen LogP contribution in [-0.4, -0.2) is 52.6 Å². The molecule has 5 nitrogen and oxygen atoms in total. The molecule has 0 radical (unpaired) electrons. The maximum atomic E-state index is 12.3. The summed E-state index contributed by atoms with van der Waals surface area (Å²) < 4.78 is 0. The summed E-state index contributed by atoms with van der Waals surface area (Å²) in [6.07, 6.45) is 0. The van der Waals surface area contributed by atoms with Crippen molar-refractivity contribution in [3.05, 3.63) is 0 Å². The lowest BCUT2D eigenvalue weighted by Gasteiger charge is -2.44. The number of nitrogens with zero attached hydrogens (tertiary/aromatic N) is 2. The number of carbonyl (C=O) groups is 2. The Morgan fingerprint density at radius 3 is 2.11 bits per heavy atom. The molecule has 0 bridgehead atoms. The first-order valence-corrected chi connectivity index (χ1v) is 7.02. The molecular weight excluding hydrogens is 244 g/mol. The molecule has 1 atom stereocenters. The summed E-state index contributed by atoms with van der Waals surface area (Å²) in [4.78, 5) is 26.9. The average molecular weight is 270 g/mol. The summed E-state index contributed by atoms with van der Waals surface area (Å²) in [6, 6.07) is 0.211. The molecule has 0 aromatic carbocycles. The number of carbonyl (C=O) groups excluding carboxylic acids is 1. The van der Waals surface area contributed by atoms with E-state index in [4.69, 9.17) is 5.11 Å².